The molecule has 0 aliphatic carbocycles. The minimum atomic E-state index is 0.131. The smallest absolute Gasteiger partial charge is 0.122 e. The minimum Gasteiger partial charge on any atom is -0.494 e. The fraction of sp³-hybridized carbons (Fsp3) is 0.429. The van der Waals surface area contributed by atoms with E-state index in [1.807, 2.05) is 18.2 Å². The van der Waals surface area contributed by atoms with Crippen molar-refractivity contribution in [3.05, 3.63) is 47.9 Å². The molecule has 2 aliphatic heterocycles. The van der Waals surface area contributed by atoms with E-state index < -0.39 is 0 Å². The molecule has 1 aromatic carbocycles. The van der Waals surface area contributed by atoms with E-state index in [1.165, 1.54) is 5.56 Å². The minimum absolute atomic E-state index is 0.131. The summed E-state index contributed by atoms with van der Waals surface area (Å²) >= 11 is 0. The maximum Gasteiger partial charge on any atom is 0.122 e. The number of hydrogen-bond acceptors (Lipinski definition) is 4. The number of nitrogens with one attached hydrogen (secondary N) is 1. The first-order valence-corrected chi connectivity index (χ1v) is 6.27. The zero-order chi connectivity index (χ0) is 12.2. The van der Waals surface area contributed by atoms with E-state index in [9.17, 15) is 0 Å². The summed E-state index contributed by atoms with van der Waals surface area (Å²) in [7, 11) is 0. The fourth-order valence-electron chi connectivity index (χ4n) is 2.25. The van der Waals surface area contributed by atoms with Gasteiger partial charge in [-0.1, -0.05) is 30.3 Å². The van der Waals surface area contributed by atoms with Crippen molar-refractivity contribution in [1.82, 2.24) is 5.48 Å². The zero-order valence-electron chi connectivity index (χ0n) is 10.2. The molecule has 96 valence electrons. The van der Waals surface area contributed by atoms with Crippen LogP contribution in [-0.2, 0) is 20.9 Å². The van der Waals surface area contributed by atoms with Crippen molar-refractivity contribution in [2.24, 2.45) is 5.92 Å². The van der Waals surface area contributed by atoms with E-state index >= 15 is 0 Å². The SMILES string of the molecule is C1=C2NOC[C@@H]2C[C@H](COCc2ccccc2)O1. The molecular weight excluding hydrogens is 230 g/mol. The fourth-order valence-corrected chi connectivity index (χ4v) is 2.25. The molecule has 4 heteroatoms. The first-order valence-electron chi connectivity index (χ1n) is 6.27. The van der Waals surface area contributed by atoms with Crippen LogP contribution in [0.25, 0.3) is 0 Å². The van der Waals surface area contributed by atoms with E-state index in [1.54, 1.807) is 6.26 Å². The topological polar surface area (TPSA) is 39.7 Å². The van der Waals surface area contributed by atoms with Crippen LogP contribution in [-0.4, -0.2) is 19.3 Å². The van der Waals surface area contributed by atoms with Gasteiger partial charge in [0.25, 0.3) is 0 Å². The Morgan fingerprint density at radius 1 is 1.28 bits per heavy atom. The molecule has 0 radical (unpaired) electrons. The maximum atomic E-state index is 5.69. The molecule has 1 aromatic rings. The van der Waals surface area contributed by atoms with Gasteiger partial charge in [-0.25, -0.2) is 0 Å². The molecule has 3 rings (SSSR count). The van der Waals surface area contributed by atoms with Crippen LogP contribution in [0.5, 0.6) is 0 Å². The second kappa shape index (κ2) is 5.42. The van der Waals surface area contributed by atoms with E-state index in [0.29, 0.717) is 19.1 Å². The molecule has 4 nitrogen and oxygen atoms in total. The molecule has 2 aliphatic rings. The molecule has 0 saturated carbocycles. The summed E-state index contributed by atoms with van der Waals surface area (Å²) in [4.78, 5) is 5.17. The van der Waals surface area contributed by atoms with Crippen molar-refractivity contribution >= 4 is 0 Å². The van der Waals surface area contributed by atoms with E-state index in [4.69, 9.17) is 14.3 Å². The Bertz CT molecular complexity index is 418. The van der Waals surface area contributed by atoms with Crippen LogP contribution in [0.2, 0.25) is 0 Å². The van der Waals surface area contributed by atoms with Gasteiger partial charge < -0.3 is 9.47 Å². The van der Waals surface area contributed by atoms with Gasteiger partial charge in [0.05, 0.1) is 25.5 Å². The molecule has 1 saturated heterocycles. The van der Waals surface area contributed by atoms with Gasteiger partial charge in [-0.05, 0) is 12.0 Å². The van der Waals surface area contributed by atoms with Gasteiger partial charge >= 0.3 is 0 Å². The Kier molecular flexibility index (Phi) is 3.48. The summed E-state index contributed by atoms with van der Waals surface area (Å²) in [6, 6.07) is 10.2. The van der Waals surface area contributed by atoms with E-state index in [2.05, 4.69) is 17.6 Å². The zero-order valence-corrected chi connectivity index (χ0v) is 10.2. The first kappa shape index (κ1) is 11.6. The molecule has 18 heavy (non-hydrogen) atoms. The third-order valence-corrected chi connectivity index (χ3v) is 3.26. The summed E-state index contributed by atoms with van der Waals surface area (Å²) in [5.41, 5.74) is 5.10. The maximum absolute atomic E-state index is 5.69. The van der Waals surface area contributed by atoms with Crippen molar-refractivity contribution in [3.8, 4) is 0 Å². The monoisotopic (exact) mass is 247 g/mol. The van der Waals surface area contributed by atoms with Crippen LogP contribution in [0.1, 0.15) is 12.0 Å². The highest BCUT2D eigenvalue weighted by Gasteiger charge is 2.30. The number of hydroxylamine groups is 1. The summed E-state index contributed by atoms with van der Waals surface area (Å²) in [5.74, 6) is 0.434. The Balaban J connectivity index is 1.45. The van der Waals surface area contributed by atoms with Crippen LogP contribution in [0.4, 0.5) is 0 Å². The standard InChI is InChI=1S/C14H17NO3/c1-2-4-11(5-3-1)7-16-9-13-6-12-8-18-15-14(12)10-17-13/h1-5,10,12-13,15H,6-9H2/t12-,13+/m0/s1. The Morgan fingerprint density at radius 3 is 3.06 bits per heavy atom. The predicted molar refractivity (Wildman–Crippen MR) is 66.2 cm³/mol. The average molecular weight is 247 g/mol. The van der Waals surface area contributed by atoms with Gasteiger partial charge in [0.15, 0.2) is 0 Å². The summed E-state index contributed by atoms with van der Waals surface area (Å²) in [5, 5.41) is 0. The highest BCUT2D eigenvalue weighted by Crippen LogP contribution is 2.26. The first-order chi connectivity index (χ1) is 8.92. The molecule has 1 N–H and O–H groups in total. The van der Waals surface area contributed by atoms with Gasteiger partial charge in [0, 0.05) is 5.92 Å². The molecular formula is C14H17NO3. The third-order valence-electron chi connectivity index (χ3n) is 3.26. The van der Waals surface area contributed by atoms with Crippen LogP contribution in [0.15, 0.2) is 42.3 Å². The van der Waals surface area contributed by atoms with Crippen molar-refractivity contribution in [2.75, 3.05) is 13.2 Å². The second-order valence-electron chi connectivity index (χ2n) is 4.68. The third kappa shape index (κ3) is 2.66. The average Bonchev–Trinajstić information content (AvgIpc) is 2.87. The lowest BCUT2D eigenvalue weighted by atomic mass is 9.99. The Morgan fingerprint density at radius 2 is 2.17 bits per heavy atom. The summed E-state index contributed by atoms with van der Waals surface area (Å²) in [6.45, 7) is 1.98. The molecule has 0 aromatic heterocycles. The molecule has 0 amide bonds. The number of benzene rings is 1. The van der Waals surface area contributed by atoms with Gasteiger partial charge in [0.2, 0.25) is 0 Å². The normalized spacial score (nSPS) is 25.9. The summed E-state index contributed by atoms with van der Waals surface area (Å²) < 4.78 is 11.3. The predicted octanol–water partition coefficient (Wildman–Crippen LogP) is 1.98. The lowest BCUT2D eigenvalue weighted by molar-refractivity contribution is 0.000970. The number of hydrogen-bond donors (Lipinski definition) is 1. The molecule has 0 bridgehead atoms. The van der Waals surface area contributed by atoms with Crippen molar-refractivity contribution in [2.45, 2.75) is 19.1 Å². The van der Waals surface area contributed by atoms with Crippen molar-refractivity contribution in [3.63, 3.8) is 0 Å². The number of ether oxygens (including phenoxy) is 2. The largest absolute Gasteiger partial charge is 0.494 e. The van der Waals surface area contributed by atoms with Gasteiger partial charge in [-0.2, -0.15) is 0 Å². The van der Waals surface area contributed by atoms with E-state index in [0.717, 1.165) is 18.7 Å². The van der Waals surface area contributed by atoms with Gasteiger partial charge in [-0.15, -0.1) is 0 Å². The van der Waals surface area contributed by atoms with Crippen molar-refractivity contribution in [1.29, 1.82) is 0 Å². The van der Waals surface area contributed by atoms with Crippen LogP contribution >= 0.6 is 0 Å². The quantitative estimate of drug-likeness (QED) is 0.883. The Hall–Kier alpha value is -1.52. The Labute approximate surface area is 106 Å². The highest BCUT2D eigenvalue weighted by molar-refractivity contribution is 5.13. The molecule has 0 unspecified atom stereocenters. The number of fused-ring (bicyclic) bond motifs is 1. The lowest BCUT2D eigenvalue weighted by Gasteiger charge is -2.24. The second-order valence-corrected chi connectivity index (χ2v) is 4.68. The molecule has 0 spiro atoms. The molecule has 1 fully saturated rings. The van der Waals surface area contributed by atoms with Gasteiger partial charge in [-0.3, -0.25) is 10.3 Å². The summed E-state index contributed by atoms with van der Waals surface area (Å²) in [6.07, 6.45) is 2.84. The molecule has 2 heterocycles. The molecule has 2 atom stereocenters. The van der Waals surface area contributed by atoms with E-state index in [-0.39, 0.29) is 6.10 Å². The van der Waals surface area contributed by atoms with Crippen LogP contribution < -0.4 is 5.48 Å². The lowest BCUT2D eigenvalue weighted by Crippen LogP contribution is -2.27. The van der Waals surface area contributed by atoms with Crippen LogP contribution in [0, 0.1) is 5.92 Å². The highest BCUT2D eigenvalue weighted by atomic mass is 16.7. The number of rotatable bonds is 4. The van der Waals surface area contributed by atoms with Gasteiger partial charge in [0.1, 0.15) is 12.4 Å². The van der Waals surface area contributed by atoms with Crippen LogP contribution in [0.3, 0.4) is 0 Å². The van der Waals surface area contributed by atoms with Crippen molar-refractivity contribution < 1.29 is 14.3 Å².